The van der Waals surface area contributed by atoms with Crippen LogP contribution in [0.5, 0.6) is 5.75 Å². The van der Waals surface area contributed by atoms with Crippen molar-refractivity contribution in [2.45, 2.75) is 11.5 Å². The molecule has 3 aromatic rings. The maximum atomic E-state index is 13.8. The van der Waals surface area contributed by atoms with Crippen LogP contribution in [0.4, 0.5) is 24.7 Å². The van der Waals surface area contributed by atoms with Gasteiger partial charge in [-0.15, -0.1) is 0 Å². The van der Waals surface area contributed by atoms with Crippen molar-refractivity contribution in [3.05, 3.63) is 48.5 Å². The lowest BCUT2D eigenvalue weighted by Crippen LogP contribution is -2.04. The number of rotatable bonds is 5. The second kappa shape index (κ2) is 6.79. The molecule has 1 aromatic heterocycles. The van der Waals surface area contributed by atoms with Crippen molar-refractivity contribution in [3.8, 4) is 5.75 Å². The standard InChI is InChI=1S/C16H12F3N3O3S/c1-26(23,24)10-3-4-13-11(7-10)15(21-8-20-13)22-9-2-5-14(12(17)6-9)25-16(18)19/h2-8,16H,1H3,(H,20,21,22). The quantitative estimate of drug-likeness (QED) is 0.726. The zero-order chi connectivity index (χ0) is 18.9. The number of hydrogen-bond donors (Lipinski definition) is 1. The van der Waals surface area contributed by atoms with Gasteiger partial charge in [0.1, 0.15) is 12.1 Å². The van der Waals surface area contributed by atoms with Crippen molar-refractivity contribution in [1.82, 2.24) is 9.97 Å². The summed E-state index contributed by atoms with van der Waals surface area (Å²) in [5.41, 5.74) is 0.696. The van der Waals surface area contributed by atoms with Gasteiger partial charge in [-0.3, -0.25) is 0 Å². The first kappa shape index (κ1) is 17.9. The highest BCUT2D eigenvalue weighted by Crippen LogP contribution is 2.28. The van der Waals surface area contributed by atoms with Crippen LogP contribution >= 0.6 is 0 Å². The highest BCUT2D eigenvalue weighted by atomic mass is 32.2. The fourth-order valence-corrected chi connectivity index (χ4v) is 2.92. The number of nitrogens with zero attached hydrogens (tertiary/aromatic N) is 2. The molecule has 6 nitrogen and oxygen atoms in total. The molecule has 0 aliphatic heterocycles. The van der Waals surface area contributed by atoms with Gasteiger partial charge in [0.05, 0.1) is 10.4 Å². The molecule has 0 spiro atoms. The van der Waals surface area contributed by atoms with Crippen molar-refractivity contribution in [2.75, 3.05) is 11.6 Å². The molecule has 1 heterocycles. The van der Waals surface area contributed by atoms with Crippen molar-refractivity contribution in [3.63, 3.8) is 0 Å². The lowest BCUT2D eigenvalue weighted by molar-refractivity contribution is -0.0521. The van der Waals surface area contributed by atoms with Crippen LogP contribution in [0.25, 0.3) is 10.9 Å². The van der Waals surface area contributed by atoms with E-state index in [2.05, 4.69) is 20.0 Å². The van der Waals surface area contributed by atoms with E-state index < -0.39 is 28.0 Å². The van der Waals surface area contributed by atoms with Gasteiger partial charge < -0.3 is 10.1 Å². The summed E-state index contributed by atoms with van der Waals surface area (Å²) < 4.78 is 65.7. The molecule has 0 fully saturated rings. The molecule has 0 aliphatic carbocycles. The summed E-state index contributed by atoms with van der Waals surface area (Å²) in [5.74, 6) is -1.33. The van der Waals surface area contributed by atoms with Crippen LogP contribution in [-0.2, 0) is 9.84 Å². The Balaban J connectivity index is 1.99. The lowest BCUT2D eigenvalue weighted by atomic mass is 10.2. The van der Waals surface area contributed by atoms with Crippen molar-refractivity contribution in [1.29, 1.82) is 0 Å². The molecule has 0 saturated carbocycles. The fraction of sp³-hybridized carbons (Fsp3) is 0.125. The smallest absolute Gasteiger partial charge is 0.387 e. The van der Waals surface area contributed by atoms with E-state index in [0.29, 0.717) is 10.9 Å². The Morgan fingerprint density at radius 3 is 2.54 bits per heavy atom. The topological polar surface area (TPSA) is 81.2 Å². The van der Waals surface area contributed by atoms with Gasteiger partial charge in [-0.25, -0.2) is 22.8 Å². The maximum absolute atomic E-state index is 13.8. The summed E-state index contributed by atoms with van der Waals surface area (Å²) in [6, 6.07) is 7.69. The number of aromatic nitrogens is 2. The van der Waals surface area contributed by atoms with Crippen molar-refractivity contribution < 1.29 is 26.3 Å². The molecule has 0 radical (unpaired) electrons. The minimum atomic E-state index is -3.44. The molecule has 1 N–H and O–H groups in total. The number of hydrogen-bond acceptors (Lipinski definition) is 6. The Kier molecular flexibility index (Phi) is 4.68. The van der Waals surface area contributed by atoms with Gasteiger partial charge in [-0.2, -0.15) is 8.78 Å². The largest absolute Gasteiger partial charge is 0.432 e. The maximum Gasteiger partial charge on any atom is 0.387 e. The first-order valence-corrected chi connectivity index (χ1v) is 9.09. The van der Waals surface area contributed by atoms with Crippen LogP contribution < -0.4 is 10.1 Å². The van der Waals surface area contributed by atoms with Crippen LogP contribution in [-0.4, -0.2) is 31.3 Å². The van der Waals surface area contributed by atoms with Crippen molar-refractivity contribution >= 4 is 32.2 Å². The number of halogens is 3. The summed E-state index contributed by atoms with van der Waals surface area (Å²) in [4.78, 5) is 8.16. The minimum Gasteiger partial charge on any atom is -0.432 e. The van der Waals surface area contributed by atoms with Crippen LogP contribution in [0, 0.1) is 5.82 Å². The number of sulfone groups is 1. The molecule has 0 amide bonds. The van der Waals surface area contributed by atoms with Gasteiger partial charge in [0.2, 0.25) is 0 Å². The van der Waals surface area contributed by atoms with Gasteiger partial charge in [0, 0.05) is 23.4 Å². The number of fused-ring (bicyclic) bond motifs is 1. The molecule has 0 unspecified atom stereocenters. The fourth-order valence-electron chi connectivity index (χ4n) is 2.27. The Morgan fingerprint density at radius 2 is 1.88 bits per heavy atom. The minimum absolute atomic E-state index is 0.0784. The van der Waals surface area contributed by atoms with E-state index in [-0.39, 0.29) is 16.4 Å². The highest BCUT2D eigenvalue weighted by Gasteiger charge is 2.13. The first-order valence-electron chi connectivity index (χ1n) is 7.20. The van der Waals surface area contributed by atoms with E-state index in [9.17, 15) is 21.6 Å². The monoisotopic (exact) mass is 383 g/mol. The number of ether oxygens (including phenoxy) is 1. The molecule has 0 aliphatic rings. The lowest BCUT2D eigenvalue weighted by Gasteiger charge is -2.11. The molecule has 0 saturated heterocycles. The molecule has 0 bridgehead atoms. The molecular weight excluding hydrogens is 371 g/mol. The second-order valence-electron chi connectivity index (χ2n) is 5.32. The average Bonchev–Trinajstić information content (AvgIpc) is 2.56. The number of nitrogens with one attached hydrogen (secondary N) is 1. The van der Waals surface area contributed by atoms with Crippen molar-refractivity contribution in [2.24, 2.45) is 0 Å². The second-order valence-corrected chi connectivity index (χ2v) is 7.34. The third kappa shape index (κ3) is 3.85. The van der Waals surface area contributed by atoms with E-state index in [1.54, 1.807) is 0 Å². The Morgan fingerprint density at radius 1 is 1.12 bits per heavy atom. The van der Waals surface area contributed by atoms with Crippen LogP contribution in [0.15, 0.2) is 47.6 Å². The third-order valence-corrected chi connectivity index (χ3v) is 4.56. The van der Waals surface area contributed by atoms with Gasteiger partial charge >= 0.3 is 6.61 Å². The zero-order valence-corrected chi connectivity index (χ0v) is 14.1. The number of anilines is 2. The van der Waals surface area contributed by atoms with E-state index >= 15 is 0 Å². The predicted octanol–water partition coefficient (Wildman–Crippen LogP) is 3.52. The van der Waals surface area contributed by atoms with Crippen LogP contribution in [0.2, 0.25) is 0 Å². The molecule has 26 heavy (non-hydrogen) atoms. The normalized spacial score (nSPS) is 11.7. The molecular formula is C16H12F3N3O3S. The number of alkyl halides is 2. The van der Waals surface area contributed by atoms with Crippen LogP contribution in [0.1, 0.15) is 0 Å². The predicted molar refractivity (Wildman–Crippen MR) is 89.0 cm³/mol. The summed E-state index contributed by atoms with van der Waals surface area (Å²) >= 11 is 0. The van der Waals surface area contributed by atoms with Gasteiger partial charge in [-0.1, -0.05) is 0 Å². The van der Waals surface area contributed by atoms with E-state index in [4.69, 9.17) is 0 Å². The molecule has 0 atom stereocenters. The summed E-state index contributed by atoms with van der Waals surface area (Å²) in [7, 11) is -3.44. The number of benzene rings is 2. The van der Waals surface area contributed by atoms with E-state index in [0.717, 1.165) is 18.4 Å². The average molecular weight is 383 g/mol. The molecule has 136 valence electrons. The van der Waals surface area contributed by atoms with Gasteiger partial charge in [-0.05, 0) is 30.3 Å². The Labute approximate surface area is 146 Å². The summed E-state index contributed by atoms with van der Waals surface area (Å²) in [6.07, 6.45) is 2.33. The summed E-state index contributed by atoms with van der Waals surface area (Å²) in [6.45, 7) is -3.14. The van der Waals surface area contributed by atoms with Gasteiger partial charge in [0.15, 0.2) is 21.4 Å². The zero-order valence-electron chi connectivity index (χ0n) is 13.3. The van der Waals surface area contributed by atoms with Gasteiger partial charge in [0.25, 0.3) is 0 Å². The Hall–Kier alpha value is -2.88. The Bertz CT molecular complexity index is 1070. The first-order chi connectivity index (χ1) is 12.2. The molecule has 3 rings (SSSR count). The summed E-state index contributed by atoms with van der Waals surface area (Å²) in [5, 5.41) is 3.22. The van der Waals surface area contributed by atoms with E-state index in [1.165, 1.54) is 30.6 Å². The van der Waals surface area contributed by atoms with E-state index in [1.807, 2.05) is 0 Å². The third-order valence-electron chi connectivity index (χ3n) is 3.45. The SMILES string of the molecule is CS(=O)(=O)c1ccc2ncnc(Nc3ccc(OC(F)F)c(F)c3)c2c1. The highest BCUT2D eigenvalue weighted by molar-refractivity contribution is 7.90. The van der Waals surface area contributed by atoms with Crippen LogP contribution in [0.3, 0.4) is 0 Å². The molecule has 10 heteroatoms. The molecule has 2 aromatic carbocycles.